The van der Waals surface area contributed by atoms with Gasteiger partial charge in [0.05, 0.1) is 12.7 Å². The highest BCUT2D eigenvalue weighted by Gasteiger charge is 2.43. The summed E-state index contributed by atoms with van der Waals surface area (Å²) in [6.45, 7) is 8.36. The lowest BCUT2D eigenvalue weighted by Gasteiger charge is -2.20. The first-order valence-electron chi connectivity index (χ1n) is 9.28. The lowest BCUT2D eigenvalue weighted by Crippen LogP contribution is -2.36. The van der Waals surface area contributed by atoms with Crippen LogP contribution in [0.3, 0.4) is 0 Å². The average molecular weight is 341 g/mol. The van der Waals surface area contributed by atoms with Gasteiger partial charge in [0.2, 0.25) is 5.91 Å². The first kappa shape index (κ1) is 16.6. The molecule has 3 heterocycles. The van der Waals surface area contributed by atoms with Crippen LogP contribution in [0.25, 0.3) is 10.9 Å². The number of rotatable bonds is 5. The summed E-state index contributed by atoms with van der Waals surface area (Å²) >= 11 is 0. The van der Waals surface area contributed by atoms with Gasteiger partial charge in [-0.15, -0.1) is 0 Å². The van der Waals surface area contributed by atoms with Gasteiger partial charge in [0, 0.05) is 61.0 Å². The molecule has 25 heavy (non-hydrogen) atoms. The van der Waals surface area contributed by atoms with Gasteiger partial charge in [0.15, 0.2) is 0 Å². The summed E-state index contributed by atoms with van der Waals surface area (Å²) in [6.07, 6.45) is 2.31. The van der Waals surface area contributed by atoms with Gasteiger partial charge in [-0.25, -0.2) is 0 Å². The van der Waals surface area contributed by atoms with Crippen molar-refractivity contribution < 1.29 is 9.53 Å². The zero-order valence-electron chi connectivity index (χ0n) is 15.0. The molecule has 2 aromatic rings. The molecule has 2 fully saturated rings. The van der Waals surface area contributed by atoms with Gasteiger partial charge in [0.25, 0.3) is 0 Å². The highest BCUT2D eigenvalue weighted by Crippen LogP contribution is 2.34. The second kappa shape index (κ2) is 6.81. The quantitative estimate of drug-likeness (QED) is 0.878. The molecule has 0 aliphatic carbocycles. The molecule has 5 heteroatoms. The Bertz CT molecular complexity index is 754. The molecular weight excluding hydrogens is 314 g/mol. The fraction of sp³-hybridized carbons (Fsp3) is 0.550. The van der Waals surface area contributed by atoms with E-state index < -0.39 is 0 Å². The molecule has 2 aliphatic rings. The van der Waals surface area contributed by atoms with Crippen LogP contribution in [0, 0.1) is 17.8 Å². The third kappa shape index (κ3) is 3.31. The number of nitrogens with zero attached hydrogens (tertiary/aromatic N) is 1. The molecule has 4 rings (SSSR count). The molecule has 1 aromatic heterocycles. The summed E-state index contributed by atoms with van der Waals surface area (Å²) in [4.78, 5) is 17.6. The van der Waals surface area contributed by atoms with Crippen LogP contribution in [0.1, 0.15) is 19.4 Å². The number of aromatic amines is 1. The van der Waals surface area contributed by atoms with E-state index in [1.54, 1.807) is 0 Å². The standard InChI is InChI=1S/C20H27N3O2/c1-13(2)20(24)22-8-15-12-25-19-11-23(10-17(15)19)9-14-4-3-5-18-16(14)6-7-21-18/h3-7,13,15,17,19,21H,8-12H2,1-2H3,(H,22,24)/t15-,17+,19+/m0/s1. The number of carbonyl (C=O) groups is 1. The van der Waals surface area contributed by atoms with Gasteiger partial charge < -0.3 is 15.0 Å². The topological polar surface area (TPSA) is 57.4 Å². The number of hydrogen-bond donors (Lipinski definition) is 2. The lowest BCUT2D eigenvalue weighted by atomic mass is 9.93. The second-order valence-corrected chi connectivity index (χ2v) is 7.75. The van der Waals surface area contributed by atoms with E-state index in [4.69, 9.17) is 4.74 Å². The third-order valence-electron chi connectivity index (χ3n) is 5.66. The number of carbonyl (C=O) groups excluding carboxylic acids is 1. The van der Waals surface area contributed by atoms with Crippen LogP contribution in [0.2, 0.25) is 0 Å². The Balaban J connectivity index is 1.38. The van der Waals surface area contributed by atoms with Crippen LogP contribution < -0.4 is 5.32 Å². The summed E-state index contributed by atoms with van der Waals surface area (Å²) in [7, 11) is 0. The van der Waals surface area contributed by atoms with E-state index in [-0.39, 0.29) is 11.8 Å². The first-order chi connectivity index (χ1) is 12.1. The van der Waals surface area contributed by atoms with Gasteiger partial charge >= 0.3 is 0 Å². The molecule has 1 aromatic carbocycles. The van der Waals surface area contributed by atoms with Crippen molar-refractivity contribution in [3.05, 3.63) is 36.0 Å². The molecule has 0 spiro atoms. The van der Waals surface area contributed by atoms with Crippen molar-refractivity contribution in [2.45, 2.75) is 26.5 Å². The molecule has 5 nitrogen and oxygen atoms in total. The summed E-state index contributed by atoms with van der Waals surface area (Å²) in [5.41, 5.74) is 2.56. The molecule has 0 bridgehead atoms. The predicted octanol–water partition coefficient (Wildman–Crippen LogP) is 2.39. The molecule has 0 radical (unpaired) electrons. The first-order valence-corrected chi connectivity index (χ1v) is 9.28. The van der Waals surface area contributed by atoms with E-state index in [9.17, 15) is 4.79 Å². The van der Waals surface area contributed by atoms with Crippen LogP contribution in [-0.4, -0.2) is 48.1 Å². The molecule has 134 valence electrons. The fourth-order valence-electron chi connectivity index (χ4n) is 4.18. The van der Waals surface area contributed by atoms with Crippen molar-refractivity contribution in [3.8, 4) is 0 Å². The van der Waals surface area contributed by atoms with E-state index in [1.165, 1.54) is 16.5 Å². The van der Waals surface area contributed by atoms with E-state index in [2.05, 4.69) is 39.5 Å². The zero-order valence-corrected chi connectivity index (χ0v) is 15.0. The van der Waals surface area contributed by atoms with E-state index >= 15 is 0 Å². The lowest BCUT2D eigenvalue weighted by molar-refractivity contribution is -0.124. The Morgan fingerprint density at radius 1 is 1.36 bits per heavy atom. The minimum atomic E-state index is 0.0417. The van der Waals surface area contributed by atoms with Crippen LogP contribution in [0.15, 0.2) is 30.5 Å². The van der Waals surface area contributed by atoms with Gasteiger partial charge in [-0.2, -0.15) is 0 Å². The molecular formula is C20H27N3O2. The summed E-state index contributed by atoms with van der Waals surface area (Å²) < 4.78 is 6.02. The van der Waals surface area contributed by atoms with Crippen molar-refractivity contribution in [2.24, 2.45) is 17.8 Å². The van der Waals surface area contributed by atoms with Crippen LogP contribution in [-0.2, 0) is 16.1 Å². The predicted molar refractivity (Wildman–Crippen MR) is 98.1 cm³/mol. The van der Waals surface area contributed by atoms with Gasteiger partial charge in [-0.1, -0.05) is 26.0 Å². The Labute approximate surface area is 148 Å². The molecule has 3 atom stereocenters. The number of nitrogens with one attached hydrogen (secondary N) is 2. The SMILES string of the molecule is CC(C)C(=O)NC[C@H]1CO[C@@H]2CN(Cc3cccc4[nH]ccc34)C[C@H]12. The van der Waals surface area contributed by atoms with E-state index in [1.807, 2.05) is 20.0 Å². The maximum Gasteiger partial charge on any atom is 0.222 e. The Hall–Kier alpha value is -1.85. The summed E-state index contributed by atoms with van der Waals surface area (Å²) in [5.74, 6) is 1.14. The highest BCUT2D eigenvalue weighted by molar-refractivity contribution is 5.82. The minimum absolute atomic E-state index is 0.0417. The van der Waals surface area contributed by atoms with Crippen LogP contribution >= 0.6 is 0 Å². The van der Waals surface area contributed by atoms with Crippen LogP contribution in [0.4, 0.5) is 0 Å². The van der Waals surface area contributed by atoms with Gasteiger partial charge in [-0.05, 0) is 17.7 Å². The Morgan fingerprint density at radius 2 is 2.24 bits per heavy atom. The van der Waals surface area contributed by atoms with E-state index in [0.29, 0.717) is 17.9 Å². The maximum atomic E-state index is 11.8. The number of hydrogen-bond acceptors (Lipinski definition) is 3. The molecule has 1 amide bonds. The van der Waals surface area contributed by atoms with Crippen molar-refractivity contribution in [2.75, 3.05) is 26.2 Å². The monoisotopic (exact) mass is 341 g/mol. The number of fused-ring (bicyclic) bond motifs is 2. The van der Waals surface area contributed by atoms with Gasteiger partial charge in [0.1, 0.15) is 0 Å². The fourth-order valence-corrected chi connectivity index (χ4v) is 4.18. The number of aromatic nitrogens is 1. The third-order valence-corrected chi connectivity index (χ3v) is 5.66. The maximum absolute atomic E-state index is 11.8. The average Bonchev–Trinajstić information content (AvgIpc) is 3.28. The molecule has 2 N–H and O–H groups in total. The number of benzene rings is 1. The second-order valence-electron chi connectivity index (χ2n) is 7.75. The van der Waals surface area contributed by atoms with Crippen molar-refractivity contribution in [1.29, 1.82) is 0 Å². The number of likely N-dealkylation sites (tertiary alicyclic amines) is 1. The molecule has 2 saturated heterocycles. The molecule has 0 unspecified atom stereocenters. The van der Waals surface area contributed by atoms with Crippen molar-refractivity contribution in [3.63, 3.8) is 0 Å². The van der Waals surface area contributed by atoms with Crippen molar-refractivity contribution >= 4 is 16.8 Å². The number of H-pyrrole nitrogens is 1. The summed E-state index contributed by atoms with van der Waals surface area (Å²) in [6, 6.07) is 8.60. The van der Waals surface area contributed by atoms with Crippen molar-refractivity contribution in [1.82, 2.24) is 15.2 Å². The highest BCUT2D eigenvalue weighted by atomic mass is 16.5. The Kier molecular flexibility index (Phi) is 4.52. The molecule has 2 aliphatic heterocycles. The zero-order chi connectivity index (χ0) is 17.4. The summed E-state index contributed by atoms with van der Waals surface area (Å²) in [5, 5.41) is 4.39. The van der Waals surface area contributed by atoms with Crippen LogP contribution in [0.5, 0.6) is 0 Å². The minimum Gasteiger partial charge on any atom is -0.376 e. The Morgan fingerprint density at radius 3 is 3.08 bits per heavy atom. The smallest absolute Gasteiger partial charge is 0.222 e. The van der Waals surface area contributed by atoms with Gasteiger partial charge in [-0.3, -0.25) is 9.69 Å². The normalized spacial score (nSPS) is 26.4. The largest absolute Gasteiger partial charge is 0.376 e. The number of amides is 1. The van der Waals surface area contributed by atoms with E-state index in [0.717, 1.165) is 32.8 Å². The number of ether oxygens (including phenoxy) is 1. The molecule has 0 saturated carbocycles.